The van der Waals surface area contributed by atoms with E-state index in [4.69, 9.17) is 9.47 Å². The molecule has 0 atom stereocenters. The molecule has 0 N–H and O–H groups in total. The smallest absolute Gasteiger partial charge is 0.265 e. The van der Waals surface area contributed by atoms with Crippen molar-refractivity contribution < 1.29 is 22.7 Å². The predicted molar refractivity (Wildman–Crippen MR) is 109 cm³/mol. The van der Waals surface area contributed by atoms with Crippen molar-refractivity contribution in [2.45, 2.75) is 50.5 Å². The van der Waals surface area contributed by atoms with E-state index < -0.39 is 10.0 Å². The summed E-state index contributed by atoms with van der Waals surface area (Å²) in [6.07, 6.45) is 7.53. The quantitative estimate of drug-likeness (QED) is 0.700. The molecule has 29 heavy (non-hydrogen) atoms. The van der Waals surface area contributed by atoms with E-state index >= 15 is 0 Å². The van der Waals surface area contributed by atoms with Crippen molar-refractivity contribution in [2.24, 2.45) is 4.40 Å². The van der Waals surface area contributed by atoms with Gasteiger partial charge in [-0.2, -0.15) is 4.40 Å². The first kappa shape index (κ1) is 19.9. The van der Waals surface area contributed by atoms with Gasteiger partial charge in [-0.25, -0.2) is 8.42 Å². The van der Waals surface area contributed by atoms with Crippen LogP contribution in [0.3, 0.4) is 0 Å². The van der Waals surface area contributed by atoms with Gasteiger partial charge in [0.1, 0.15) is 17.7 Å². The van der Waals surface area contributed by atoms with E-state index in [1.165, 1.54) is 6.26 Å². The highest BCUT2D eigenvalue weighted by Gasteiger charge is 2.31. The zero-order valence-corrected chi connectivity index (χ0v) is 17.4. The van der Waals surface area contributed by atoms with Crippen LogP contribution in [0.15, 0.2) is 40.6 Å². The Morgan fingerprint density at radius 2 is 1.90 bits per heavy atom. The maximum atomic E-state index is 13.0. The average Bonchev–Trinajstić information content (AvgIpc) is 2.71. The molecule has 2 bridgehead atoms. The largest absolute Gasteiger partial charge is 0.496 e. The zero-order chi connectivity index (χ0) is 20.4. The molecule has 0 aromatic heterocycles. The fraction of sp³-hybridized carbons (Fsp3) is 0.524. The van der Waals surface area contributed by atoms with Crippen LogP contribution < -0.4 is 4.74 Å². The van der Waals surface area contributed by atoms with E-state index in [0.717, 1.165) is 43.3 Å². The number of ether oxygens (including phenoxy) is 2. The average molecular weight is 419 g/mol. The summed E-state index contributed by atoms with van der Waals surface area (Å²) in [5.74, 6) is 0.902. The number of fused-ring (bicyclic) bond motifs is 5. The van der Waals surface area contributed by atoms with Gasteiger partial charge in [-0.05, 0) is 56.1 Å². The molecule has 1 aromatic rings. The summed E-state index contributed by atoms with van der Waals surface area (Å²) in [4.78, 5) is 14.5. The maximum absolute atomic E-state index is 13.0. The van der Waals surface area contributed by atoms with E-state index in [1.54, 1.807) is 4.90 Å². The summed E-state index contributed by atoms with van der Waals surface area (Å²) in [6.45, 7) is 0.367. The number of benzene rings is 1. The molecule has 5 rings (SSSR count). The second kappa shape index (κ2) is 8.18. The summed E-state index contributed by atoms with van der Waals surface area (Å²) in [7, 11) is -3.58. The van der Waals surface area contributed by atoms with Crippen molar-refractivity contribution in [3.05, 3.63) is 41.8 Å². The van der Waals surface area contributed by atoms with Crippen LogP contribution in [0.2, 0.25) is 0 Å². The highest BCUT2D eigenvalue weighted by atomic mass is 32.2. The minimum absolute atomic E-state index is 0.0472. The van der Waals surface area contributed by atoms with Crippen LogP contribution in [0.1, 0.15) is 50.0 Å². The molecule has 7 nitrogen and oxygen atoms in total. The highest BCUT2D eigenvalue weighted by molar-refractivity contribution is 7.89. The number of allylic oxidation sites excluding steroid dienone is 1. The molecule has 0 radical (unpaired) electrons. The SMILES string of the molecule is CS(=O)(=O)/N=C1CCCN2C(=O)COc3ccccc3C3CCC(CC3)O\C=C\12. The minimum atomic E-state index is -3.58. The van der Waals surface area contributed by atoms with Crippen molar-refractivity contribution in [2.75, 3.05) is 19.4 Å². The second-order valence-electron chi connectivity index (χ2n) is 7.86. The van der Waals surface area contributed by atoms with Crippen LogP contribution in [0.5, 0.6) is 5.75 Å². The van der Waals surface area contributed by atoms with E-state index in [9.17, 15) is 13.2 Å². The first-order valence-electron chi connectivity index (χ1n) is 10.1. The normalized spacial score (nSPS) is 28.6. The van der Waals surface area contributed by atoms with Gasteiger partial charge in [0.05, 0.1) is 18.1 Å². The molecule has 2 fully saturated rings. The van der Waals surface area contributed by atoms with E-state index in [1.807, 2.05) is 18.2 Å². The summed E-state index contributed by atoms with van der Waals surface area (Å²) in [6, 6.07) is 7.91. The molecule has 1 saturated heterocycles. The second-order valence-corrected chi connectivity index (χ2v) is 9.51. The van der Waals surface area contributed by atoms with Gasteiger partial charge < -0.3 is 14.4 Å². The van der Waals surface area contributed by atoms with Crippen LogP contribution in [0, 0.1) is 0 Å². The predicted octanol–water partition coefficient (Wildman–Crippen LogP) is 2.99. The van der Waals surface area contributed by atoms with Gasteiger partial charge in [-0.1, -0.05) is 18.2 Å². The fourth-order valence-electron chi connectivity index (χ4n) is 4.33. The fourth-order valence-corrected chi connectivity index (χ4v) is 4.91. The first-order chi connectivity index (χ1) is 13.9. The van der Waals surface area contributed by atoms with Gasteiger partial charge in [-0.3, -0.25) is 4.79 Å². The first-order valence-corrected chi connectivity index (χ1v) is 11.9. The lowest BCUT2D eigenvalue weighted by molar-refractivity contribution is -0.131. The number of piperidine rings is 1. The Labute approximate surface area is 171 Å². The Bertz CT molecular complexity index is 946. The van der Waals surface area contributed by atoms with Crippen molar-refractivity contribution in [1.82, 2.24) is 4.90 Å². The van der Waals surface area contributed by atoms with Crippen molar-refractivity contribution in [3.63, 3.8) is 0 Å². The molecule has 1 saturated carbocycles. The van der Waals surface area contributed by atoms with Crippen LogP contribution in [0.25, 0.3) is 0 Å². The third-order valence-corrected chi connectivity index (χ3v) is 6.27. The van der Waals surface area contributed by atoms with Gasteiger partial charge >= 0.3 is 0 Å². The van der Waals surface area contributed by atoms with Gasteiger partial charge in [0.2, 0.25) is 0 Å². The Balaban J connectivity index is 1.70. The number of hydrogen-bond donors (Lipinski definition) is 0. The minimum Gasteiger partial charge on any atom is -0.496 e. The number of carbonyl (C=O) groups is 1. The molecule has 8 heteroatoms. The molecule has 3 aliphatic heterocycles. The number of nitrogens with zero attached hydrogens (tertiary/aromatic N) is 2. The van der Waals surface area contributed by atoms with E-state index in [2.05, 4.69) is 10.5 Å². The third-order valence-electron chi connectivity index (χ3n) is 5.72. The van der Waals surface area contributed by atoms with Crippen LogP contribution >= 0.6 is 0 Å². The summed E-state index contributed by atoms with van der Waals surface area (Å²) in [5.41, 5.74) is 1.95. The molecule has 0 unspecified atom stereocenters. The Morgan fingerprint density at radius 3 is 2.66 bits per heavy atom. The number of hydrogen-bond acceptors (Lipinski definition) is 5. The van der Waals surface area contributed by atoms with E-state index in [-0.39, 0.29) is 18.6 Å². The van der Waals surface area contributed by atoms with Crippen LogP contribution in [-0.2, 0) is 19.6 Å². The Hall–Kier alpha value is -2.35. The Kier molecular flexibility index (Phi) is 5.63. The van der Waals surface area contributed by atoms with Gasteiger partial charge in [0, 0.05) is 6.54 Å². The van der Waals surface area contributed by atoms with Crippen LogP contribution in [0.4, 0.5) is 0 Å². The summed E-state index contributed by atoms with van der Waals surface area (Å²) >= 11 is 0. The monoisotopic (exact) mass is 418 g/mol. The zero-order valence-electron chi connectivity index (χ0n) is 16.5. The molecular formula is C21H26N2O5S. The lowest BCUT2D eigenvalue weighted by Gasteiger charge is -2.31. The lowest BCUT2D eigenvalue weighted by Crippen LogP contribution is -2.41. The number of sulfonamides is 1. The lowest BCUT2D eigenvalue weighted by atomic mass is 9.82. The van der Waals surface area contributed by atoms with Gasteiger partial charge in [-0.15, -0.1) is 0 Å². The molecule has 1 aromatic carbocycles. The standard InChI is InChI=1S/C21H26N2O5S/c1-29(25,26)22-18-6-4-12-23-19(18)13-27-16-10-8-15(9-11-16)17-5-2-3-7-20(17)28-14-21(23)24/h2-3,5,7,13,15-16H,4,6,8-12,14H2,1H3/b19-13-,22-18+. The number of amides is 1. The molecule has 0 spiro atoms. The van der Waals surface area contributed by atoms with Crippen molar-refractivity contribution in [1.29, 1.82) is 0 Å². The highest BCUT2D eigenvalue weighted by Crippen LogP contribution is 2.38. The molecule has 1 amide bonds. The van der Waals surface area contributed by atoms with Crippen LogP contribution in [-0.4, -0.2) is 50.4 Å². The molecule has 156 valence electrons. The van der Waals surface area contributed by atoms with Crippen molar-refractivity contribution >= 4 is 21.6 Å². The number of carbonyl (C=O) groups excluding carboxylic acids is 1. The van der Waals surface area contributed by atoms with Gasteiger partial charge in [0.15, 0.2) is 6.61 Å². The maximum Gasteiger partial charge on any atom is 0.265 e. The summed E-state index contributed by atoms with van der Waals surface area (Å²) in [5, 5.41) is 0. The van der Waals surface area contributed by atoms with Crippen molar-refractivity contribution in [3.8, 4) is 5.75 Å². The molecular weight excluding hydrogens is 392 g/mol. The summed E-state index contributed by atoms with van der Waals surface area (Å²) < 4.78 is 39.3. The topological polar surface area (TPSA) is 85.3 Å². The Morgan fingerprint density at radius 1 is 1.14 bits per heavy atom. The number of para-hydroxylation sites is 1. The third kappa shape index (κ3) is 4.63. The van der Waals surface area contributed by atoms with E-state index in [0.29, 0.717) is 36.7 Å². The molecule has 4 aliphatic rings. The number of rotatable bonds is 1. The molecule has 3 heterocycles. The molecule has 1 aliphatic carbocycles. The van der Waals surface area contributed by atoms with Gasteiger partial charge in [0.25, 0.3) is 15.9 Å².